The van der Waals surface area contributed by atoms with Gasteiger partial charge in [-0.25, -0.2) is 4.98 Å². The number of methoxy groups -OCH3 is 1. The average molecular weight is 215 g/mol. The highest BCUT2D eigenvalue weighted by atomic mass is 16.5. The van der Waals surface area contributed by atoms with E-state index in [0.717, 1.165) is 10.9 Å². The third-order valence-corrected chi connectivity index (χ3v) is 2.87. The number of nitrogens with zero attached hydrogens (tertiary/aromatic N) is 2. The number of ether oxygens (including phenoxy) is 1. The van der Waals surface area contributed by atoms with Crippen molar-refractivity contribution in [1.29, 1.82) is 0 Å². The molecule has 16 heavy (non-hydrogen) atoms. The first-order valence-electron chi connectivity index (χ1n) is 5.06. The average Bonchev–Trinajstić information content (AvgIpc) is 2.64. The molecule has 0 saturated carbocycles. The van der Waals surface area contributed by atoms with Gasteiger partial charge in [0.1, 0.15) is 5.92 Å². The molecule has 1 unspecified atom stereocenters. The smallest absolute Gasteiger partial charge is 0.357 e. The highest BCUT2D eigenvalue weighted by Gasteiger charge is 2.34. The van der Waals surface area contributed by atoms with Crippen molar-refractivity contribution in [3.63, 3.8) is 0 Å². The van der Waals surface area contributed by atoms with Crippen molar-refractivity contribution in [2.24, 2.45) is 5.92 Å². The molecule has 0 radical (unpaired) electrons. The van der Waals surface area contributed by atoms with Crippen molar-refractivity contribution in [3.8, 4) is 5.88 Å². The Hall–Kier alpha value is -2.10. The van der Waals surface area contributed by atoms with Gasteiger partial charge in [0.15, 0.2) is 6.20 Å². The number of aliphatic hydroxyl groups excluding tert-OH is 1. The Bertz CT molecular complexity index is 629. The molecule has 1 aromatic rings. The molecule has 2 aliphatic rings. The normalized spacial score (nSPS) is 20.9. The fraction of sp³-hybridized carbons (Fsp3) is 0.167. The van der Waals surface area contributed by atoms with Crippen LogP contribution >= 0.6 is 0 Å². The van der Waals surface area contributed by atoms with Crippen LogP contribution < -0.4 is 14.3 Å². The third kappa shape index (κ3) is 1.04. The number of aromatic nitrogens is 2. The predicted molar refractivity (Wildman–Crippen MR) is 57.1 cm³/mol. The summed E-state index contributed by atoms with van der Waals surface area (Å²) in [6.45, 7) is 0. The van der Waals surface area contributed by atoms with Gasteiger partial charge >= 0.3 is 5.90 Å². The highest BCUT2D eigenvalue weighted by Crippen LogP contribution is 2.24. The van der Waals surface area contributed by atoms with E-state index in [-0.39, 0.29) is 5.92 Å². The Morgan fingerprint density at radius 1 is 1.44 bits per heavy atom. The van der Waals surface area contributed by atoms with Gasteiger partial charge < -0.3 is 9.84 Å². The SMILES string of the molecule is COc1ncc[n+]2c1=C1C=CC=CC1C=2O. The van der Waals surface area contributed by atoms with E-state index >= 15 is 0 Å². The molecule has 1 aromatic heterocycles. The maximum Gasteiger partial charge on any atom is 0.357 e. The van der Waals surface area contributed by atoms with Gasteiger partial charge in [-0.1, -0.05) is 24.3 Å². The van der Waals surface area contributed by atoms with Crippen molar-refractivity contribution < 1.29 is 14.1 Å². The molecule has 2 heterocycles. The molecule has 1 aliphatic carbocycles. The molecule has 3 rings (SSSR count). The van der Waals surface area contributed by atoms with Crippen LogP contribution in [0.5, 0.6) is 5.88 Å². The van der Waals surface area contributed by atoms with Gasteiger partial charge in [-0.05, 0) is 0 Å². The fourth-order valence-corrected chi connectivity index (χ4v) is 2.15. The third-order valence-electron chi connectivity index (χ3n) is 2.87. The minimum atomic E-state index is -0.0805. The Kier molecular flexibility index (Phi) is 1.83. The second-order valence-corrected chi connectivity index (χ2v) is 3.69. The highest BCUT2D eigenvalue weighted by molar-refractivity contribution is 5.65. The van der Waals surface area contributed by atoms with Crippen molar-refractivity contribution in [3.05, 3.63) is 47.9 Å². The zero-order valence-corrected chi connectivity index (χ0v) is 8.79. The van der Waals surface area contributed by atoms with Crippen LogP contribution in [-0.4, -0.2) is 17.2 Å². The molecular weight excluding hydrogens is 204 g/mol. The van der Waals surface area contributed by atoms with Crippen molar-refractivity contribution >= 4 is 5.57 Å². The van der Waals surface area contributed by atoms with E-state index in [1.807, 2.05) is 24.3 Å². The van der Waals surface area contributed by atoms with Crippen molar-refractivity contribution in [2.45, 2.75) is 0 Å². The van der Waals surface area contributed by atoms with Crippen LogP contribution in [0.4, 0.5) is 0 Å². The van der Waals surface area contributed by atoms with E-state index in [1.165, 1.54) is 0 Å². The molecule has 0 saturated heterocycles. The van der Waals surface area contributed by atoms with Crippen LogP contribution in [0, 0.1) is 11.8 Å². The Morgan fingerprint density at radius 2 is 2.31 bits per heavy atom. The van der Waals surface area contributed by atoms with E-state index in [0.29, 0.717) is 11.8 Å². The van der Waals surface area contributed by atoms with Crippen molar-refractivity contribution in [2.75, 3.05) is 7.11 Å². The van der Waals surface area contributed by atoms with E-state index < -0.39 is 0 Å². The summed E-state index contributed by atoms with van der Waals surface area (Å²) in [6.07, 6.45) is 11.2. The largest absolute Gasteiger partial charge is 0.476 e. The van der Waals surface area contributed by atoms with Gasteiger partial charge in [0.05, 0.1) is 18.9 Å². The molecule has 0 fully saturated rings. The molecule has 1 N–H and O–H groups in total. The van der Waals surface area contributed by atoms with Crippen LogP contribution in [0.25, 0.3) is 5.57 Å². The van der Waals surface area contributed by atoms with E-state index in [2.05, 4.69) is 4.98 Å². The summed E-state index contributed by atoms with van der Waals surface area (Å²) in [5.74, 6) is 0.751. The number of allylic oxidation sites excluding steroid dienone is 3. The zero-order chi connectivity index (χ0) is 11.1. The van der Waals surface area contributed by atoms with Crippen molar-refractivity contribution in [1.82, 2.24) is 4.98 Å². The first kappa shape index (κ1) is 9.15. The lowest BCUT2D eigenvalue weighted by atomic mass is 9.96. The second-order valence-electron chi connectivity index (χ2n) is 3.69. The molecule has 1 aliphatic heterocycles. The van der Waals surface area contributed by atoms with Crippen LogP contribution in [-0.2, 0) is 0 Å². The first-order chi connectivity index (χ1) is 7.83. The van der Waals surface area contributed by atoms with E-state index in [9.17, 15) is 5.11 Å². The van der Waals surface area contributed by atoms with Gasteiger partial charge in [0.2, 0.25) is 0 Å². The Balaban J connectivity index is 2.48. The molecule has 0 spiro atoms. The van der Waals surface area contributed by atoms with Gasteiger partial charge in [0.25, 0.3) is 11.2 Å². The lowest BCUT2D eigenvalue weighted by Crippen LogP contribution is -2.38. The second kappa shape index (κ2) is 3.20. The van der Waals surface area contributed by atoms with Crippen LogP contribution in [0.2, 0.25) is 0 Å². The minimum Gasteiger partial charge on any atom is -0.476 e. The van der Waals surface area contributed by atoms with Gasteiger partial charge in [-0.15, -0.1) is 4.24 Å². The minimum absolute atomic E-state index is 0.0805. The van der Waals surface area contributed by atoms with Crippen LogP contribution in [0.15, 0.2) is 36.7 Å². The molecule has 80 valence electrons. The first-order valence-corrected chi connectivity index (χ1v) is 5.06. The number of rotatable bonds is 1. The van der Waals surface area contributed by atoms with Gasteiger partial charge in [-0.2, -0.15) is 0 Å². The van der Waals surface area contributed by atoms with E-state index in [1.54, 1.807) is 23.7 Å². The Labute approximate surface area is 92.2 Å². The van der Waals surface area contributed by atoms with E-state index in [4.69, 9.17) is 4.74 Å². The summed E-state index contributed by atoms with van der Waals surface area (Å²) in [4.78, 5) is 4.15. The number of aliphatic hydroxyl groups is 1. The number of fused-ring (bicyclic) bond motifs is 2. The summed E-state index contributed by atoms with van der Waals surface area (Å²) < 4.78 is 6.93. The maximum absolute atomic E-state index is 10.1. The standard InChI is InChI=1S/C12H10N2O2/c1-16-11-10-8-4-2-3-5-9(8)12(15)14(10)7-6-13-11/h2-7,9H,1H3/p+1. The monoisotopic (exact) mass is 215 g/mol. The topological polar surface area (TPSA) is 48.2 Å². The van der Waals surface area contributed by atoms with Gasteiger partial charge in [-0.3, -0.25) is 0 Å². The predicted octanol–water partition coefficient (Wildman–Crippen LogP) is 0.180. The Morgan fingerprint density at radius 3 is 3.12 bits per heavy atom. The van der Waals surface area contributed by atoms with Crippen LogP contribution in [0.3, 0.4) is 0 Å². The lowest BCUT2D eigenvalue weighted by Gasteiger charge is -2.03. The fourth-order valence-electron chi connectivity index (χ4n) is 2.15. The lowest BCUT2D eigenvalue weighted by molar-refractivity contribution is -0.556. The summed E-state index contributed by atoms with van der Waals surface area (Å²) in [5.41, 5.74) is 1.02. The molecule has 4 nitrogen and oxygen atoms in total. The number of hydrogen-bond donors (Lipinski definition) is 1. The zero-order valence-electron chi connectivity index (χ0n) is 8.79. The molecule has 0 aromatic carbocycles. The maximum atomic E-state index is 10.1. The molecule has 4 heteroatoms. The summed E-state index contributed by atoms with van der Waals surface area (Å²) in [5, 5.41) is 10.9. The molecule has 1 atom stereocenters. The van der Waals surface area contributed by atoms with Crippen LogP contribution in [0.1, 0.15) is 0 Å². The molecule has 0 bridgehead atoms. The summed E-state index contributed by atoms with van der Waals surface area (Å²) in [7, 11) is 1.58. The van der Waals surface area contributed by atoms with Gasteiger partial charge in [0, 0.05) is 0 Å². The quantitative estimate of drug-likeness (QED) is 0.680. The summed E-state index contributed by atoms with van der Waals surface area (Å²) in [6, 6.07) is 0. The molecular formula is C12H11N2O2+. The molecule has 0 amide bonds. The summed E-state index contributed by atoms with van der Waals surface area (Å²) >= 11 is 0. The number of hydrogen-bond acceptors (Lipinski definition) is 3.